The molecule has 0 amide bonds. The van der Waals surface area contributed by atoms with Gasteiger partial charge in [0.05, 0.1) is 10.4 Å². The predicted octanol–water partition coefficient (Wildman–Crippen LogP) is 14.4. The first-order chi connectivity index (χ1) is 25.3. The van der Waals surface area contributed by atoms with Gasteiger partial charge in [-0.25, -0.2) is 0 Å². The second-order valence-corrected chi connectivity index (χ2v) is 13.9. The third-order valence-electron chi connectivity index (χ3n) is 9.90. The highest BCUT2D eigenvalue weighted by Crippen LogP contribution is 2.48. The normalized spacial score (nSPS) is 11.5. The van der Waals surface area contributed by atoms with Crippen molar-refractivity contribution in [2.75, 3.05) is 4.90 Å². The topological polar surface area (TPSA) is 16.4 Å². The highest BCUT2D eigenvalue weighted by atomic mass is 32.1. The summed E-state index contributed by atoms with van der Waals surface area (Å²) in [6, 6.07) is 67.3. The third-order valence-corrected chi connectivity index (χ3v) is 11.1. The quantitative estimate of drug-likeness (QED) is 0.175. The lowest BCUT2D eigenvalue weighted by Crippen LogP contribution is -2.10. The van der Waals surface area contributed by atoms with Gasteiger partial charge in [-0.2, -0.15) is 0 Å². The van der Waals surface area contributed by atoms with Gasteiger partial charge in [-0.3, -0.25) is 0 Å². The van der Waals surface area contributed by atoms with Crippen LogP contribution in [0, 0.1) is 0 Å². The molecule has 0 spiro atoms. The fourth-order valence-electron chi connectivity index (χ4n) is 7.47. The maximum absolute atomic E-state index is 6.42. The summed E-state index contributed by atoms with van der Waals surface area (Å²) >= 11 is 1.86. The summed E-state index contributed by atoms with van der Waals surface area (Å²) in [5.74, 6) is 0. The Morgan fingerprint density at radius 2 is 0.961 bits per heavy atom. The fraction of sp³-hybridized carbons (Fsp3) is 0. The number of hydrogen-bond acceptors (Lipinski definition) is 3. The van der Waals surface area contributed by atoms with Crippen LogP contribution in [0.5, 0.6) is 0 Å². The first-order valence-corrected chi connectivity index (χ1v) is 18.1. The number of para-hydroxylation sites is 2. The minimum absolute atomic E-state index is 0.910. The van der Waals surface area contributed by atoms with E-state index in [-0.39, 0.29) is 0 Å². The molecule has 2 aromatic heterocycles. The minimum Gasteiger partial charge on any atom is -0.455 e. The standard InChI is InChI=1S/C48H31NOS/c1-3-12-32(13-4-1)33-22-26-36(27-23-33)49(37-28-24-35(25-29-37)39-18-11-19-41-40-16-7-9-20-44(40)50-47(39)41)43-31-30-38(34-14-5-2-6-15-34)46-42-17-8-10-21-45(42)51-48(43)46/h1-31H. The second kappa shape index (κ2) is 12.2. The van der Waals surface area contributed by atoms with Gasteiger partial charge in [-0.1, -0.05) is 146 Å². The van der Waals surface area contributed by atoms with E-state index in [1.165, 1.54) is 42.4 Å². The van der Waals surface area contributed by atoms with Crippen LogP contribution in [0.4, 0.5) is 17.1 Å². The zero-order valence-corrected chi connectivity index (χ0v) is 28.5. The van der Waals surface area contributed by atoms with Gasteiger partial charge in [0.2, 0.25) is 0 Å². The average Bonchev–Trinajstić information content (AvgIpc) is 3.79. The Labute approximate surface area is 300 Å². The number of rotatable bonds is 6. The van der Waals surface area contributed by atoms with Gasteiger partial charge < -0.3 is 9.32 Å². The van der Waals surface area contributed by atoms with Crippen LogP contribution in [0.25, 0.3) is 75.5 Å². The summed E-state index contributed by atoms with van der Waals surface area (Å²) in [4.78, 5) is 2.41. The SMILES string of the molecule is c1ccc(-c2ccc(N(c3ccc(-c4cccc5c4oc4ccccc45)cc3)c3ccc(-c4ccccc4)c4c3sc3ccccc34)cc2)cc1. The van der Waals surface area contributed by atoms with Crippen molar-refractivity contribution in [3.63, 3.8) is 0 Å². The largest absolute Gasteiger partial charge is 0.455 e. The van der Waals surface area contributed by atoms with Crippen LogP contribution < -0.4 is 4.90 Å². The number of anilines is 3. The van der Waals surface area contributed by atoms with E-state index in [1.807, 2.05) is 23.5 Å². The molecule has 240 valence electrons. The summed E-state index contributed by atoms with van der Waals surface area (Å²) < 4.78 is 8.97. The Balaban J connectivity index is 1.16. The van der Waals surface area contributed by atoms with Crippen molar-refractivity contribution < 1.29 is 4.42 Å². The first kappa shape index (κ1) is 29.5. The zero-order valence-electron chi connectivity index (χ0n) is 27.7. The van der Waals surface area contributed by atoms with E-state index in [1.54, 1.807) is 0 Å². The smallest absolute Gasteiger partial charge is 0.143 e. The van der Waals surface area contributed by atoms with E-state index in [0.29, 0.717) is 0 Å². The summed E-state index contributed by atoms with van der Waals surface area (Å²) in [7, 11) is 0. The highest BCUT2D eigenvalue weighted by Gasteiger charge is 2.21. The molecule has 0 aliphatic carbocycles. The Morgan fingerprint density at radius 3 is 1.71 bits per heavy atom. The van der Waals surface area contributed by atoms with Crippen molar-refractivity contribution in [2.45, 2.75) is 0 Å². The maximum Gasteiger partial charge on any atom is 0.143 e. The molecule has 0 saturated heterocycles. The monoisotopic (exact) mass is 669 g/mol. The zero-order chi connectivity index (χ0) is 33.7. The molecule has 2 nitrogen and oxygen atoms in total. The lowest BCUT2D eigenvalue weighted by molar-refractivity contribution is 0.670. The van der Waals surface area contributed by atoms with Gasteiger partial charge in [-0.05, 0) is 70.3 Å². The van der Waals surface area contributed by atoms with Gasteiger partial charge in [0, 0.05) is 43.2 Å². The summed E-state index contributed by atoms with van der Waals surface area (Å²) in [5.41, 5.74) is 12.3. The average molecular weight is 670 g/mol. The molecule has 51 heavy (non-hydrogen) atoms. The van der Waals surface area contributed by atoms with Crippen LogP contribution in [0.1, 0.15) is 0 Å². The molecule has 0 atom stereocenters. The second-order valence-electron chi connectivity index (χ2n) is 12.9. The molecule has 0 aliphatic rings. The van der Waals surface area contributed by atoms with Crippen LogP contribution in [0.15, 0.2) is 192 Å². The van der Waals surface area contributed by atoms with Crippen molar-refractivity contribution in [2.24, 2.45) is 0 Å². The molecule has 0 bridgehead atoms. The molecule has 0 saturated carbocycles. The number of nitrogens with zero attached hydrogens (tertiary/aromatic N) is 1. The number of furan rings is 1. The van der Waals surface area contributed by atoms with E-state index >= 15 is 0 Å². The molecule has 2 heterocycles. The van der Waals surface area contributed by atoms with Gasteiger partial charge in [0.15, 0.2) is 0 Å². The van der Waals surface area contributed by atoms with Gasteiger partial charge in [0.25, 0.3) is 0 Å². The molecule has 0 unspecified atom stereocenters. The van der Waals surface area contributed by atoms with Crippen LogP contribution >= 0.6 is 11.3 Å². The minimum atomic E-state index is 0.910. The van der Waals surface area contributed by atoms with E-state index in [0.717, 1.165) is 50.1 Å². The number of hydrogen-bond donors (Lipinski definition) is 0. The van der Waals surface area contributed by atoms with E-state index in [2.05, 4.69) is 181 Å². The summed E-state index contributed by atoms with van der Waals surface area (Å²) in [5, 5.41) is 4.85. The molecule has 8 aromatic carbocycles. The number of fused-ring (bicyclic) bond motifs is 6. The number of benzene rings is 8. The van der Waals surface area contributed by atoms with Crippen molar-refractivity contribution in [1.29, 1.82) is 0 Å². The fourth-order valence-corrected chi connectivity index (χ4v) is 8.71. The lowest BCUT2D eigenvalue weighted by Gasteiger charge is -2.27. The first-order valence-electron chi connectivity index (χ1n) is 17.3. The lowest BCUT2D eigenvalue weighted by atomic mass is 9.98. The van der Waals surface area contributed by atoms with Crippen LogP contribution in [0.3, 0.4) is 0 Å². The van der Waals surface area contributed by atoms with Crippen LogP contribution in [0.2, 0.25) is 0 Å². The van der Waals surface area contributed by atoms with Crippen molar-refractivity contribution in [3.05, 3.63) is 188 Å². The molecule has 0 fully saturated rings. The Hall–Kier alpha value is -6.42. The van der Waals surface area contributed by atoms with Crippen molar-refractivity contribution in [1.82, 2.24) is 0 Å². The third kappa shape index (κ3) is 5.01. The van der Waals surface area contributed by atoms with E-state index < -0.39 is 0 Å². The van der Waals surface area contributed by atoms with Gasteiger partial charge in [-0.15, -0.1) is 11.3 Å². The summed E-state index contributed by atoms with van der Waals surface area (Å²) in [6.45, 7) is 0. The molecule has 3 heteroatoms. The summed E-state index contributed by atoms with van der Waals surface area (Å²) in [6.07, 6.45) is 0. The molecular formula is C48H31NOS. The van der Waals surface area contributed by atoms with Gasteiger partial charge in [0.1, 0.15) is 11.2 Å². The van der Waals surface area contributed by atoms with E-state index in [9.17, 15) is 0 Å². The Morgan fingerprint density at radius 1 is 0.392 bits per heavy atom. The Bertz CT molecular complexity index is 2830. The van der Waals surface area contributed by atoms with Crippen molar-refractivity contribution in [3.8, 4) is 33.4 Å². The molecule has 10 aromatic rings. The number of thiophene rings is 1. The molecule has 0 radical (unpaired) electrons. The van der Waals surface area contributed by atoms with Crippen LogP contribution in [-0.4, -0.2) is 0 Å². The Kier molecular flexibility index (Phi) is 7.04. The van der Waals surface area contributed by atoms with Crippen LogP contribution in [-0.2, 0) is 0 Å². The molecule has 0 N–H and O–H groups in total. The van der Waals surface area contributed by atoms with Crippen molar-refractivity contribution >= 4 is 70.5 Å². The maximum atomic E-state index is 6.42. The predicted molar refractivity (Wildman–Crippen MR) is 218 cm³/mol. The van der Waals surface area contributed by atoms with E-state index in [4.69, 9.17) is 4.42 Å². The highest BCUT2D eigenvalue weighted by molar-refractivity contribution is 7.26. The van der Waals surface area contributed by atoms with Gasteiger partial charge >= 0.3 is 0 Å². The molecule has 0 aliphatic heterocycles. The molecular weight excluding hydrogens is 639 g/mol. The molecule has 10 rings (SSSR count).